The first-order chi connectivity index (χ1) is 13.6. The van der Waals surface area contributed by atoms with Crippen molar-refractivity contribution in [3.63, 3.8) is 0 Å². The first kappa shape index (κ1) is 19.9. The number of carbonyl (C=O) groups excluding carboxylic acids is 3. The van der Waals surface area contributed by atoms with Crippen LogP contribution in [0.15, 0.2) is 24.3 Å². The average Bonchev–Trinajstić information content (AvgIpc) is 3.15. The molecule has 4 rings (SSSR count). The number of hydrogen-bond donors (Lipinski definition) is 0. The van der Waals surface area contributed by atoms with Crippen LogP contribution in [-0.4, -0.2) is 52.4 Å². The predicted octanol–water partition coefficient (Wildman–Crippen LogP) is 4.10. The quantitative estimate of drug-likeness (QED) is 0.668. The van der Waals surface area contributed by atoms with Gasteiger partial charge in [0.2, 0.25) is 0 Å². The Labute approximate surface area is 172 Å². The summed E-state index contributed by atoms with van der Waals surface area (Å²) in [7, 11) is 0. The van der Waals surface area contributed by atoms with E-state index in [0.717, 1.165) is 25.7 Å². The first-order valence-corrected chi connectivity index (χ1v) is 10.6. The van der Waals surface area contributed by atoms with Gasteiger partial charge in [0.25, 0.3) is 11.8 Å². The summed E-state index contributed by atoms with van der Waals surface area (Å²) in [4.78, 5) is 41.5. The molecule has 2 fully saturated rings. The van der Waals surface area contributed by atoms with Crippen LogP contribution in [0.4, 0.5) is 4.79 Å². The Hall–Kier alpha value is -2.37. The molecule has 3 atom stereocenters. The van der Waals surface area contributed by atoms with Crippen LogP contribution in [0.5, 0.6) is 0 Å². The zero-order valence-corrected chi connectivity index (χ0v) is 17.7. The van der Waals surface area contributed by atoms with Gasteiger partial charge in [0.15, 0.2) is 0 Å². The first-order valence-electron chi connectivity index (χ1n) is 10.6. The number of hydrogen-bond acceptors (Lipinski definition) is 4. The Kier molecular flexibility index (Phi) is 4.71. The third-order valence-corrected chi connectivity index (χ3v) is 6.63. The molecular weight excluding hydrogens is 368 g/mol. The van der Waals surface area contributed by atoms with Gasteiger partial charge in [-0.2, -0.15) is 0 Å². The van der Waals surface area contributed by atoms with E-state index in [1.165, 1.54) is 4.90 Å². The van der Waals surface area contributed by atoms with E-state index in [9.17, 15) is 14.4 Å². The van der Waals surface area contributed by atoms with Crippen molar-refractivity contribution >= 4 is 17.9 Å². The van der Waals surface area contributed by atoms with Crippen molar-refractivity contribution in [3.8, 4) is 0 Å². The summed E-state index contributed by atoms with van der Waals surface area (Å²) in [5.74, 6) is -0.134. The Morgan fingerprint density at radius 3 is 2.28 bits per heavy atom. The van der Waals surface area contributed by atoms with Crippen molar-refractivity contribution in [1.29, 1.82) is 0 Å². The van der Waals surface area contributed by atoms with Crippen molar-refractivity contribution < 1.29 is 19.1 Å². The molecule has 6 nitrogen and oxygen atoms in total. The molecule has 1 saturated heterocycles. The molecule has 2 aliphatic heterocycles. The molecular formula is C23H30N2O4. The highest BCUT2D eigenvalue weighted by molar-refractivity contribution is 6.21. The SMILES string of the molecule is C[C@@H]1C[C@]2(CC[C@H]1N1C(=O)c3ccccc3C1=O)CCN(C(=O)OC(C)(C)C)C2. The minimum absolute atomic E-state index is 0.0610. The van der Waals surface area contributed by atoms with E-state index in [-0.39, 0.29) is 35.3 Å². The van der Waals surface area contributed by atoms with E-state index in [4.69, 9.17) is 4.74 Å². The van der Waals surface area contributed by atoms with Crippen LogP contribution < -0.4 is 0 Å². The molecule has 2 heterocycles. The fraction of sp³-hybridized carbons (Fsp3) is 0.609. The van der Waals surface area contributed by atoms with Gasteiger partial charge in [-0.3, -0.25) is 14.5 Å². The molecule has 0 unspecified atom stereocenters. The van der Waals surface area contributed by atoms with Crippen molar-refractivity contribution in [2.24, 2.45) is 11.3 Å². The lowest BCUT2D eigenvalue weighted by Gasteiger charge is -2.44. The molecule has 1 aromatic carbocycles. The summed E-state index contributed by atoms with van der Waals surface area (Å²) >= 11 is 0. The lowest BCUT2D eigenvalue weighted by atomic mass is 9.67. The monoisotopic (exact) mass is 398 g/mol. The largest absolute Gasteiger partial charge is 0.444 e. The van der Waals surface area contributed by atoms with Gasteiger partial charge in [-0.1, -0.05) is 19.1 Å². The number of amides is 3. The summed E-state index contributed by atoms with van der Waals surface area (Å²) in [6.45, 7) is 9.18. The van der Waals surface area contributed by atoms with Gasteiger partial charge < -0.3 is 9.64 Å². The molecule has 1 aromatic rings. The molecule has 0 bridgehead atoms. The zero-order chi connectivity index (χ0) is 21.0. The van der Waals surface area contributed by atoms with Gasteiger partial charge in [-0.15, -0.1) is 0 Å². The lowest BCUT2D eigenvalue weighted by molar-refractivity contribution is 0.0208. The second kappa shape index (κ2) is 6.85. The Morgan fingerprint density at radius 2 is 1.72 bits per heavy atom. The molecule has 1 saturated carbocycles. The van der Waals surface area contributed by atoms with Crippen LogP contribution in [-0.2, 0) is 4.74 Å². The minimum Gasteiger partial charge on any atom is -0.444 e. The average molecular weight is 399 g/mol. The van der Waals surface area contributed by atoms with E-state index in [0.29, 0.717) is 24.2 Å². The fourth-order valence-electron chi connectivity index (χ4n) is 5.34. The third kappa shape index (κ3) is 3.53. The molecule has 3 aliphatic rings. The molecule has 156 valence electrons. The number of likely N-dealkylation sites (tertiary alicyclic amines) is 1. The van der Waals surface area contributed by atoms with Gasteiger partial charge in [0.05, 0.1) is 11.1 Å². The van der Waals surface area contributed by atoms with Gasteiger partial charge >= 0.3 is 6.09 Å². The van der Waals surface area contributed by atoms with Crippen LogP contribution in [0.2, 0.25) is 0 Å². The maximum Gasteiger partial charge on any atom is 0.410 e. The second-order valence-corrected chi connectivity index (χ2v) is 9.97. The molecule has 6 heteroatoms. The summed E-state index contributed by atoms with van der Waals surface area (Å²) in [6, 6.07) is 7.00. The molecule has 0 N–H and O–H groups in total. The summed E-state index contributed by atoms with van der Waals surface area (Å²) in [5.41, 5.74) is 0.596. The summed E-state index contributed by atoms with van der Waals surface area (Å²) in [5, 5.41) is 0. The number of rotatable bonds is 1. The second-order valence-electron chi connectivity index (χ2n) is 9.97. The molecule has 1 aliphatic carbocycles. The van der Waals surface area contributed by atoms with Crippen molar-refractivity contribution in [2.45, 2.75) is 65.0 Å². The standard InChI is InChI=1S/C23H30N2O4/c1-15-13-23(11-12-24(14-23)21(28)29-22(2,3)4)10-9-18(15)25-19(26)16-7-5-6-8-17(16)20(25)27/h5-8,15,18H,9-14H2,1-4H3/t15-,18-,23+/m1/s1. The molecule has 0 radical (unpaired) electrons. The molecule has 3 amide bonds. The molecule has 0 aromatic heterocycles. The number of fused-ring (bicyclic) bond motifs is 1. The van der Waals surface area contributed by atoms with E-state index >= 15 is 0 Å². The Morgan fingerprint density at radius 1 is 1.10 bits per heavy atom. The van der Waals surface area contributed by atoms with E-state index in [1.54, 1.807) is 24.3 Å². The van der Waals surface area contributed by atoms with Crippen molar-refractivity contribution in [2.75, 3.05) is 13.1 Å². The van der Waals surface area contributed by atoms with E-state index < -0.39 is 5.60 Å². The van der Waals surface area contributed by atoms with Crippen LogP contribution in [0.3, 0.4) is 0 Å². The smallest absolute Gasteiger partial charge is 0.410 e. The Bertz CT molecular complexity index is 824. The maximum atomic E-state index is 12.9. The number of carbonyl (C=O) groups is 3. The van der Waals surface area contributed by atoms with Crippen LogP contribution in [0, 0.1) is 11.3 Å². The maximum absolute atomic E-state index is 12.9. The predicted molar refractivity (Wildman–Crippen MR) is 109 cm³/mol. The van der Waals surface area contributed by atoms with E-state index in [1.807, 2.05) is 25.7 Å². The van der Waals surface area contributed by atoms with Crippen molar-refractivity contribution in [1.82, 2.24) is 9.80 Å². The fourth-order valence-corrected chi connectivity index (χ4v) is 5.34. The minimum atomic E-state index is -0.497. The van der Waals surface area contributed by atoms with Gasteiger partial charge in [-0.05, 0) is 69.9 Å². The third-order valence-electron chi connectivity index (χ3n) is 6.63. The molecule has 1 spiro atoms. The van der Waals surface area contributed by atoms with Gasteiger partial charge in [0, 0.05) is 19.1 Å². The summed E-state index contributed by atoms with van der Waals surface area (Å²) in [6.07, 6.45) is 3.31. The zero-order valence-electron chi connectivity index (χ0n) is 17.7. The molecule has 29 heavy (non-hydrogen) atoms. The van der Waals surface area contributed by atoms with Gasteiger partial charge in [-0.25, -0.2) is 4.79 Å². The number of nitrogens with zero attached hydrogens (tertiary/aromatic N) is 2. The van der Waals surface area contributed by atoms with E-state index in [2.05, 4.69) is 6.92 Å². The topological polar surface area (TPSA) is 66.9 Å². The lowest BCUT2D eigenvalue weighted by Crippen LogP contribution is -2.49. The van der Waals surface area contributed by atoms with Crippen LogP contribution in [0.25, 0.3) is 0 Å². The highest BCUT2D eigenvalue weighted by atomic mass is 16.6. The van der Waals surface area contributed by atoms with Crippen molar-refractivity contribution in [3.05, 3.63) is 35.4 Å². The summed E-state index contributed by atoms with van der Waals surface area (Å²) < 4.78 is 5.54. The van der Waals surface area contributed by atoms with Crippen LogP contribution in [0.1, 0.15) is 74.1 Å². The number of ether oxygens (including phenoxy) is 1. The Balaban J connectivity index is 1.44. The number of imide groups is 1. The highest BCUT2D eigenvalue weighted by Crippen LogP contribution is 2.48. The van der Waals surface area contributed by atoms with Gasteiger partial charge in [0.1, 0.15) is 5.60 Å². The number of benzene rings is 1. The highest BCUT2D eigenvalue weighted by Gasteiger charge is 2.50. The van der Waals surface area contributed by atoms with Crippen LogP contribution >= 0.6 is 0 Å². The normalized spacial score (nSPS) is 29.5.